The third-order valence-corrected chi connectivity index (χ3v) is 6.20. The van der Waals surface area contributed by atoms with Crippen LogP contribution >= 0.6 is 11.8 Å². The van der Waals surface area contributed by atoms with Gasteiger partial charge in [-0.05, 0) is 55.9 Å². The molecular weight excluding hydrogens is 436 g/mol. The summed E-state index contributed by atoms with van der Waals surface area (Å²) in [5, 5.41) is 17.6. The first kappa shape index (κ1) is 23.1. The molecule has 33 heavy (non-hydrogen) atoms. The molecule has 3 heterocycles. The Kier molecular flexibility index (Phi) is 7.46. The molecule has 1 amide bonds. The summed E-state index contributed by atoms with van der Waals surface area (Å²) >= 11 is 1.49. The molecule has 1 saturated heterocycles. The van der Waals surface area contributed by atoms with E-state index in [9.17, 15) is 4.79 Å². The second-order valence-corrected chi connectivity index (χ2v) is 9.01. The minimum absolute atomic E-state index is 0.00256. The number of aromatic nitrogens is 4. The molecule has 10 heteroatoms. The van der Waals surface area contributed by atoms with E-state index < -0.39 is 0 Å². The van der Waals surface area contributed by atoms with Crippen LogP contribution in [0.5, 0.6) is 0 Å². The molecule has 2 aromatic heterocycles. The van der Waals surface area contributed by atoms with E-state index in [4.69, 9.17) is 9.97 Å². The standard InChI is InChI=1S/C23H30N8OS/c1-4-22(32)25-16-6-8-18(9-7-16)33-23-27-19(26-20-12-15(3)29-30-20)13-21(28-23)31-11-10-17(14-31)24-5-2/h6-9,12-13,17,24H,4-5,10-11,14H2,1-3H3,(H,25,32)(H2,26,27,28,29,30)/t17-/m1/s1. The molecule has 0 saturated carbocycles. The number of amides is 1. The molecule has 0 radical (unpaired) electrons. The van der Waals surface area contributed by atoms with E-state index in [2.05, 4.69) is 38.0 Å². The van der Waals surface area contributed by atoms with Gasteiger partial charge in [0.2, 0.25) is 5.91 Å². The molecule has 1 aliphatic rings. The van der Waals surface area contributed by atoms with Gasteiger partial charge in [0.25, 0.3) is 0 Å². The van der Waals surface area contributed by atoms with Crippen molar-refractivity contribution in [1.82, 2.24) is 25.5 Å². The van der Waals surface area contributed by atoms with Gasteiger partial charge in [0.05, 0.1) is 0 Å². The number of carbonyl (C=O) groups is 1. The first-order chi connectivity index (χ1) is 16.0. The number of nitrogens with zero attached hydrogens (tertiary/aromatic N) is 4. The number of hydrogen-bond donors (Lipinski definition) is 4. The van der Waals surface area contributed by atoms with Crippen molar-refractivity contribution in [3.05, 3.63) is 42.1 Å². The zero-order valence-corrected chi connectivity index (χ0v) is 20.0. The van der Waals surface area contributed by atoms with Crippen molar-refractivity contribution in [1.29, 1.82) is 0 Å². The van der Waals surface area contributed by atoms with Gasteiger partial charge < -0.3 is 20.9 Å². The van der Waals surface area contributed by atoms with Crippen molar-refractivity contribution in [2.24, 2.45) is 0 Å². The Bertz CT molecular complexity index is 1080. The van der Waals surface area contributed by atoms with E-state index >= 15 is 0 Å². The normalized spacial score (nSPS) is 15.6. The fourth-order valence-corrected chi connectivity index (χ4v) is 4.45. The van der Waals surface area contributed by atoms with E-state index in [1.54, 1.807) is 0 Å². The molecule has 4 N–H and O–H groups in total. The van der Waals surface area contributed by atoms with Gasteiger partial charge in [-0.1, -0.05) is 13.8 Å². The predicted octanol–water partition coefficient (Wildman–Crippen LogP) is 3.94. The lowest BCUT2D eigenvalue weighted by atomic mass is 10.3. The van der Waals surface area contributed by atoms with E-state index in [-0.39, 0.29) is 5.91 Å². The monoisotopic (exact) mass is 466 g/mol. The van der Waals surface area contributed by atoms with E-state index in [1.807, 2.05) is 50.2 Å². The zero-order chi connectivity index (χ0) is 23.2. The van der Waals surface area contributed by atoms with Crippen molar-refractivity contribution in [3.63, 3.8) is 0 Å². The molecule has 4 rings (SSSR count). The third-order valence-electron chi connectivity index (χ3n) is 5.33. The van der Waals surface area contributed by atoms with Crippen molar-refractivity contribution >= 4 is 40.8 Å². The number of rotatable bonds is 9. The summed E-state index contributed by atoms with van der Waals surface area (Å²) < 4.78 is 0. The molecule has 0 aliphatic carbocycles. The number of aromatic amines is 1. The first-order valence-electron chi connectivity index (χ1n) is 11.3. The highest BCUT2D eigenvalue weighted by molar-refractivity contribution is 7.99. The quantitative estimate of drug-likeness (QED) is 0.351. The average molecular weight is 467 g/mol. The second-order valence-electron chi connectivity index (χ2n) is 7.97. The van der Waals surface area contributed by atoms with Gasteiger partial charge in [-0.15, -0.1) is 0 Å². The van der Waals surface area contributed by atoms with Crippen LogP contribution in [0.2, 0.25) is 0 Å². The van der Waals surface area contributed by atoms with Gasteiger partial charge in [0, 0.05) is 54.0 Å². The maximum atomic E-state index is 11.6. The summed E-state index contributed by atoms with van der Waals surface area (Å²) in [6.45, 7) is 8.76. The number of nitrogens with one attached hydrogen (secondary N) is 4. The summed E-state index contributed by atoms with van der Waals surface area (Å²) in [5.74, 6) is 2.32. The lowest BCUT2D eigenvalue weighted by Gasteiger charge is -2.19. The Morgan fingerprint density at radius 2 is 2.00 bits per heavy atom. The van der Waals surface area contributed by atoms with Gasteiger partial charge in [-0.2, -0.15) is 5.10 Å². The van der Waals surface area contributed by atoms with Crippen molar-refractivity contribution in [3.8, 4) is 0 Å². The predicted molar refractivity (Wildman–Crippen MR) is 132 cm³/mol. The minimum Gasteiger partial charge on any atom is -0.355 e. The fraction of sp³-hybridized carbons (Fsp3) is 0.391. The molecule has 0 bridgehead atoms. The molecule has 3 aromatic rings. The molecule has 1 aliphatic heterocycles. The number of aryl methyl sites for hydroxylation is 1. The minimum atomic E-state index is -0.00256. The number of benzene rings is 1. The lowest BCUT2D eigenvalue weighted by Crippen LogP contribution is -2.32. The summed E-state index contributed by atoms with van der Waals surface area (Å²) in [4.78, 5) is 24.5. The highest BCUT2D eigenvalue weighted by atomic mass is 32.2. The van der Waals surface area contributed by atoms with Gasteiger partial charge >= 0.3 is 0 Å². The van der Waals surface area contributed by atoms with E-state index in [0.717, 1.165) is 54.0 Å². The van der Waals surface area contributed by atoms with Gasteiger partial charge in [0.1, 0.15) is 11.6 Å². The van der Waals surface area contributed by atoms with Crippen LogP contribution in [0.15, 0.2) is 46.5 Å². The molecule has 0 spiro atoms. The Labute approximate surface area is 198 Å². The molecular formula is C23H30N8OS. The molecule has 174 valence electrons. The maximum Gasteiger partial charge on any atom is 0.224 e. The highest BCUT2D eigenvalue weighted by Crippen LogP contribution is 2.30. The molecule has 1 atom stereocenters. The zero-order valence-electron chi connectivity index (χ0n) is 19.2. The molecule has 9 nitrogen and oxygen atoms in total. The number of hydrogen-bond acceptors (Lipinski definition) is 8. The van der Waals surface area contributed by atoms with Gasteiger partial charge in [-0.25, -0.2) is 9.97 Å². The van der Waals surface area contributed by atoms with Crippen LogP contribution in [0.3, 0.4) is 0 Å². The summed E-state index contributed by atoms with van der Waals surface area (Å²) in [7, 11) is 0. The van der Waals surface area contributed by atoms with Gasteiger partial charge in [0.15, 0.2) is 11.0 Å². The Balaban J connectivity index is 1.55. The van der Waals surface area contributed by atoms with Crippen LogP contribution in [0.25, 0.3) is 0 Å². The SMILES string of the molecule is CCN[C@@H]1CCN(c2cc(Nc3cc(C)[nH]n3)nc(Sc3ccc(NC(=O)CC)cc3)n2)C1. The van der Waals surface area contributed by atoms with Crippen LogP contribution in [0.4, 0.5) is 23.1 Å². The molecule has 1 fully saturated rings. The second kappa shape index (κ2) is 10.7. The van der Waals surface area contributed by atoms with Gasteiger partial charge in [-0.3, -0.25) is 9.89 Å². The van der Waals surface area contributed by atoms with Crippen LogP contribution in [0.1, 0.15) is 32.4 Å². The van der Waals surface area contributed by atoms with Crippen LogP contribution in [-0.2, 0) is 4.79 Å². The average Bonchev–Trinajstić information content (AvgIpc) is 3.44. The van der Waals surface area contributed by atoms with Crippen LogP contribution in [-0.4, -0.2) is 51.7 Å². The maximum absolute atomic E-state index is 11.6. The Hall–Kier alpha value is -3.11. The largest absolute Gasteiger partial charge is 0.355 e. The van der Waals surface area contributed by atoms with Crippen LogP contribution < -0.4 is 20.9 Å². The van der Waals surface area contributed by atoms with Crippen molar-refractivity contribution in [2.75, 3.05) is 35.2 Å². The summed E-state index contributed by atoms with van der Waals surface area (Å²) in [6, 6.07) is 12.1. The third kappa shape index (κ3) is 6.23. The lowest BCUT2D eigenvalue weighted by molar-refractivity contribution is -0.115. The Morgan fingerprint density at radius 1 is 1.18 bits per heavy atom. The molecule has 1 aromatic carbocycles. The van der Waals surface area contributed by atoms with E-state index in [1.165, 1.54) is 11.8 Å². The smallest absolute Gasteiger partial charge is 0.224 e. The van der Waals surface area contributed by atoms with E-state index in [0.29, 0.717) is 23.4 Å². The number of anilines is 4. The first-order valence-corrected chi connectivity index (χ1v) is 12.1. The van der Waals surface area contributed by atoms with Crippen molar-refractivity contribution in [2.45, 2.75) is 49.7 Å². The highest BCUT2D eigenvalue weighted by Gasteiger charge is 2.24. The van der Waals surface area contributed by atoms with Crippen LogP contribution in [0, 0.1) is 6.92 Å². The fourth-order valence-electron chi connectivity index (χ4n) is 3.68. The Morgan fingerprint density at radius 3 is 2.70 bits per heavy atom. The summed E-state index contributed by atoms with van der Waals surface area (Å²) in [6.07, 6.45) is 1.54. The number of likely N-dealkylation sites (N-methyl/N-ethyl adjacent to an activating group) is 1. The molecule has 0 unspecified atom stereocenters. The number of H-pyrrole nitrogens is 1. The summed E-state index contributed by atoms with van der Waals surface area (Å²) in [5.41, 5.74) is 1.76. The van der Waals surface area contributed by atoms with Crippen molar-refractivity contribution < 1.29 is 4.79 Å². The topological polar surface area (TPSA) is 111 Å². The number of carbonyl (C=O) groups excluding carboxylic acids is 1.